The Bertz CT molecular complexity index is 941. The van der Waals surface area contributed by atoms with Gasteiger partial charge in [-0.2, -0.15) is 0 Å². The Morgan fingerprint density at radius 1 is 1.14 bits per heavy atom. The van der Waals surface area contributed by atoms with Gasteiger partial charge in [0.05, 0.1) is 24.6 Å². The molecule has 7 heteroatoms. The van der Waals surface area contributed by atoms with Crippen LogP contribution in [0.15, 0.2) is 42.5 Å². The van der Waals surface area contributed by atoms with E-state index < -0.39 is 10.0 Å². The summed E-state index contributed by atoms with van der Waals surface area (Å²) >= 11 is 0. The summed E-state index contributed by atoms with van der Waals surface area (Å²) in [7, 11) is -3.64. The van der Waals surface area contributed by atoms with E-state index in [4.69, 9.17) is 4.74 Å². The number of rotatable bonds is 8. The Morgan fingerprint density at radius 2 is 1.86 bits per heavy atom. The van der Waals surface area contributed by atoms with E-state index in [1.807, 2.05) is 45.9 Å². The maximum Gasteiger partial charge on any atom is 0.241 e. The van der Waals surface area contributed by atoms with Crippen LogP contribution in [0.3, 0.4) is 0 Å². The Kier molecular flexibility index (Phi) is 7.07. The normalized spacial score (nSPS) is 12.3. The molecule has 0 saturated heterocycles. The molecule has 0 spiro atoms. The molecule has 6 nitrogen and oxygen atoms in total. The standard InChI is InChI=1S/C21H28N2O4S/c1-6-27-20-9-7-8-19(13-20)23(28(5,25)26)14-21(24)22-17(4)18-11-10-15(2)16(3)12-18/h7-13,17H,6,14H2,1-5H3,(H,22,24)/t17-/m0/s1. The smallest absolute Gasteiger partial charge is 0.241 e. The summed E-state index contributed by atoms with van der Waals surface area (Å²) in [6.07, 6.45) is 1.08. The lowest BCUT2D eigenvalue weighted by molar-refractivity contribution is -0.120. The fraction of sp³-hybridized carbons (Fsp3) is 0.381. The zero-order chi connectivity index (χ0) is 20.9. The van der Waals surface area contributed by atoms with Crippen LogP contribution in [0, 0.1) is 13.8 Å². The molecule has 0 fully saturated rings. The first kappa shape index (κ1) is 21.8. The summed E-state index contributed by atoms with van der Waals surface area (Å²) in [5.74, 6) is 0.176. The molecule has 1 amide bonds. The average molecular weight is 405 g/mol. The second-order valence-corrected chi connectivity index (χ2v) is 8.74. The van der Waals surface area contributed by atoms with Crippen molar-refractivity contribution >= 4 is 21.6 Å². The number of sulfonamides is 1. The number of hydrogen-bond acceptors (Lipinski definition) is 4. The summed E-state index contributed by atoms with van der Waals surface area (Å²) in [4.78, 5) is 12.6. The van der Waals surface area contributed by atoms with Gasteiger partial charge < -0.3 is 10.1 Å². The van der Waals surface area contributed by atoms with E-state index in [0.717, 1.165) is 21.7 Å². The number of hydrogen-bond donors (Lipinski definition) is 1. The number of nitrogens with one attached hydrogen (secondary N) is 1. The first-order chi connectivity index (χ1) is 13.1. The lowest BCUT2D eigenvalue weighted by Gasteiger charge is -2.24. The molecule has 152 valence electrons. The Hall–Kier alpha value is -2.54. The largest absolute Gasteiger partial charge is 0.494 e. The monoisotopic (exact) mass is 404 g/mol. The van der Waals surface area contributed by atoms with Gasteiger partial charge in [-0.3, -0.25) is 9.10 Å². The molecule has 0 aliphatic rings. The number of anilines is 1. The molecule has 0 unspecified atom stereocenters. The van der Waals surface area contributed by atoms with Crippen molar-refractivity contribution in [2.45, 2.75) is 33.7 Å². The van der Waals surface area contributed by atoms with E-state index in [9.17, 15) is 13.2 Å². The van der Waals surface area contributed by atoms with Gasteiger partial charge in [-0.25, -0.2) is 8.42 Å². The van der Waals surface area contributed by atoms with Crippen molar-refractivity contribution in [2.24, 2.45) is 0 Å². The van der Waals surface area contributed by atoms with Crippen molar-refractivity contribution < 1.29 is 17.9 Å². The van der Waals surface area contributed by atoms with Crippen LogP contribution in [0.2, 0.25) is 0 Å². The second-order valence-electron chi connectivity index (χ2n) is 6.83. The van der Waals surface area contributed by atoms with Gasteiger partial charge >= 0.3 is 0 Å². The SMILES string of the molecule is CCOc1cccc(N(CC(=O)N[C@@H](C)c2ccc(C)c(C)c2)S(C)(=O)=O)c1. The molecule has 0 bridgehead atoms. The maximum absolute atomic E-state index is 12.6. The summed E-state index contributed by atoms with van der Waals surface area (Å²) < 4.78 is 31.1. The third kappa shape index (κ3) is 5.73. The van der Waals surface area contributed by atoms with E-state index >= 15 is 0 Å². The third-order valence-corrected chi connectivity index (χ3v) is 5.65. The highest BCUT2D eigenvalue weighted by molar-refractivity contribution is 7.92. The molecular formula is C21H28N2O4S. The fourth-order valence-corrected chi connectivity index (χ4v) is 3.68. The molecule has 28 heavy (non-hydrogen) atoms. The van der Waals surface area contributed by atoms with Crippen LogP contribution in [-0.4, -0.2) is 33.7 Å². The molecule has 1 atom stereocenters. The summed E-state index contributed by atoms with van der Waals surface area (Å²) in [6, 6.07) is 12.5. The quantitative estimate of drug-likeness (QED) is 0.732. The van der Waals surface area contributed by atoms with Crippen LogP contribution in [0.4, 0.5) is 5.69 Å². The van der Waals surface area contributed by atoms with Crippen molar-refractivity contribution in [3.63, 3.8) is 0 Å². The van der Waals surface area contributed by atoms with Crippen molar-refractivity contribution in [3.8, 4) is 5.75 Å². The first-order valence-corrected chi connectivity index (χ1v) is 11.0. The summed E-state index contributed by atoms with van der Waals surface area (Å²) in [6.45, 7) is 7.94. The van der Waals surface area contributed by atoms with E-state index in [2.05, 4.69) is 5.32 Å². The summed E-state index contributed by atoms with van der Waals surface area (Å²) in [5, 5.41) is 2.88. The molecule has 0 heterocycles. The Morgan fingerprint density at radius 3 is 2.46 bits per heavy atom. The van der Waals surface area contributed by atoms with Crippen LogP contribution in [0.1, 0.15) is 36.6 Å². The molecule has 2 aromatic carbocycles. The van der Waals surface area contributed by atoms with Crippen molar-refractivity contribution in [2.75, 3.05) is 23.7 Å². The van der Waals surface area contributed by atoms with Gasteiger partial charge in [-0.05, 0) is 56.5 Å². The predicted octanol–water partition coefficient (Wildman–Crippen LogP) is 3.35. The number of nitrogens with zero attached hydrogens (tertiary/aromatic N) is 1. The zero-order valence-electron chi connectivity index (χ0n) is 17.0. The lowest BCUT2D eigenvalue weighted by atomic mass is 10.0. The van der Waals surface area contributed by atoms with E-state index in [0.29, 0.717) is 18.0 Å². The summed E-state index contributed by atoms with van der Waals surface area (Å²) in [5.41, 5.74) is 3.69. The Balaban J connectivity index is 2.17. The van der Waals surface area contributed by atoms with Crippen LogP contribution in [0.25, 0.3) is 0 Å². The number of carbonyl (C=O) groups excluding carboxylic acids is 1. The van der Waals surface area contributed by atoms with Gasteiger partial charge in [-0.15, -0.1) is 0 Å². The maximum atomic E-state index is 12.6. The molecular weight excluding hydrogens is 376 g/mol. The van der Waals surface area contributed by atoms with Crippen molar-refractivity contribution in [1.29, 1.82) is 0 Å². The van der Waals surface area contributed by atoms with Crippen molar-refractivity contribution in [1.82, 2.24) is 5.32 Å². The van der Waals surface area contributed by atoms with E-state index in [1.165, 1.54) is 5.56 Å². The highest BCUT2D eigenvalue weighted by Gasteiger charge is 2.22. The van der Waals surface area contributed by atoms with Crippen LogP contribution < -0.4 is 14.4 Å². The third-order valence-electron chi connectivity index (χ3n) is 4.51. The Labute approximate surface area is 167 Å². The highest BCUT2D eigenvalue weighted by Crippen LogP contribution is 2.23. The molecule has 0 aromatic heterocycles. The van der Waals surface area contributed by atoms with Gasteiger partial charge in [0.25, 0.3) is 0 Å². The number of ether oxygens (including phenoxy) is 1. The van der Waals surface area contributed by atoms with Gasteiger partial charge in [-0.1, -0.05) is 24.3 Å². The minimum absolute atomic E-state index is 0.233. The lowest BCUT2D eigenvalue weighted by Crippen LogP contribution is -2.41. The number of carbonyl (C=O) groups is 1. The minimum Gasteiger partial charge on any atom is -0.494 e. The molecule has 0 saturated carbocycles. The molecule has 0 aliphatic heterocycles. The average Bonchev–Trinajstić information content (AvgIpc) is 2.61. The van der Waals surface area contributed by atoms with Crippen molar-refractivity contribution in [3.05, 3.63) is 59.2 Å². The number of aryl methyl sites for hydroxylation is 2. The molecule has 0 radical (unpaired) electrons. The van der Waals surface area contributed by atoms with Gasteiger partial charge in [0.2, 0.25) is 15.9 Å². The van der Waals surface area contributed by atoms with Crippen LogP contribution in [-0.2, 0) is 14.8 Å². The second kappa shape index (κ2) is 9.10. The zero-order valence-corrected chi connectivity index (χ0v) is 17.8. The molecule has 0 aliphatic carbocycles. The first-order valence-electron chi connectivity index (χ1n) is 9.19. The van der Waals surface area contributed by atoms with Gasteiger partial charge in [0.15, 0.2) is 0 Å². The highest BCUT2D eigenvalue weighted by atomic mass is 32.2. The van der Waals surface area contributed by atoms with E-state index in [-0.39, 0.29) is 18.5 Å². The van der Waals surface area contributed by atoms with E-state index in [1.54, 1.807) is 24.3 Å². The minimum atomic E-state index is -3.64. The van der Waals surface area contributed by atoms with Gasteiger partial charge in [0, 0.05) is 6.07 Å². The molecule has 1 N–H and O–H groups in total. The topological polar surface area (TPSA) is 75.7 Å². The fourth-order valence-electron chi connectivity index (χ4n) is 2.83. The van der Waals surface area contributed by atoms with Gasteiger partial charge in [0.1, 0.15) is 12.3 Å². The molecule has 2 aromatic rings. The van der Waals surface area contributed by atoms with Crippen LogP contribution >= 0.6 is 0 Å². The molecule has 2 rings (SSSR count). The predicted molar refractivity (Wildman–Crippen MR) is 112 cm³/mol. The van der Waals surface area contributed by atoms with Crippen LogP contribution in [0.5, 0.6) is 5.75 Å². The number of amides is 1. The number of benzene rings is 2.